The molecule has 0 N–H and O–H groups in total. The third-order valence-corrected chi connectivity index (χ3v) is 12.4. The Hall–Kier alpha value is -7.68. The Morgan fingerprint density at radius 3 is 1.53 bits per heavy atom. The Kier molecular flexibility index (Phi) is 6.47. The van der Waals surface area contributed by atoms with Gasteiger partial charge in [-0.05, 0) is 124 Å². The molecule has 0 spiro atoms. The van der Waals surface area contributed by atoms with Gasteiger partial charge >= 0.3 is 0 Å². The van der Waals surface area contributed by atoms with E-state index in [4.69, 9.17) is 8.83 Å². The van der Waals surface area contributed by atoms with Crippen molar-refractivity contribution < 1.29 is 8.83 Å². The molecule has 0 saturated heterocycles. The lowest BCUT2D eigenvalue weighted by Gasteiger charge is -2.19. The van der Waals surface area contributed by atoms with Gasteiger partial charge in [0, 0.05) is 21.5 Å². The summed E-state index contributed by atoms with van der Waals surface area (Å²) < 4.78 is 13.2. The molecule has 0 aliphatic heterocycles. The average Bonchev–Trinajstić information content (AvgIpc) is 3.86. The van der Waals surface area contributed by atoms with Crippen molar-refractivity contribution in [1.82, 2.24) is 0 Å². The van der Waals surface area contributed by atoms with E-state index >= 15 is 0 Å². The molecule has 2 heteroatoms. The van der Waals surface area contributed by atoms with Gasteiger partial charge in [0.15, 0.2) is 0 Å². The first-order chi connectivity index (χ1) is 28.7. The van der Waals surface area contributed by atoms with Gasteiger partial charge in [0.25, 0.3) is 0 Å². The molecule has 0 radical (unpaired) electrons. The minimum atomic E-state index is 0.833. The van der Waals surface area contributed by atoms with Crippen molar-refractivity contribution in [2.75, 3.05) is 0 Å². The van der Waals surface area contributed by atoms with Crippen LogP contribution in [0, 0.1) is 0 Å². The Balaban J connectivity index is 0.933. The van der Waals surface area contributed by atoms with Crippen LogP contribution in [0.25, 0.3) is 131 Å². The van der Waals surface area contributed by atoms with Gasteiger partial charge in [0.1, 0.15) is 22.3 Å². The first kappa shape index (κ1) is 31.5. The van der Waals surface area contributed by atoms with Crippen molar-refractivity contribution in [3.05, 3.63) is 194 Å². The highest BCUT2D eigenvalue weighted by atomic mass is 16.3. The average molecular weight is 737 g/mol. The second-order valence-corrected chi connectivity index (χ2v) is 15.5. The Labute approximate surface area is 332 Å². The molecule has 0 aliphatic rings. The lowest BCUT2D eigenvalue weighted by atomic mass is 9.84. The normalized spacial score (nSPS) is 12.1. The van der Waals surface area contributed by atoms with Crippen molar-refractivity contribution in [3.63, 3.8) is 0 Å². The minimum Gasteiger partial charge on any atom is -0.456 e. The molecule has 0 amide bonds. The lowest BCUT2D eigenvalue weighted by Crippen LogP contribution is -1.91. The fourth-order valence-corrected chi connectivity index (χ4v) is 9.76. The SMILES string of the molecule is c1ccc2c(-c3c4ccccc4c(-c4ccc5cc(-c6ccc7c(c6)oc6ccc8c9ccc%10ccccc%10c9oc8c67)ccc5c4)c4ccccc34)cccc2c1. The number of hydrogen-bond acceptors (Lipinski definition) is 2. The zero-order chi connectivity index (χ0) is 37.9. The topological polar surface area (TPSA) is 26.3 Å². The largest absolute Gasteiger partial charge is 0.456 e. The van der Waals surface area contributed by atoms with E-state index in [0.717, 1.165) is 60.4 Å². The maximum atomic E-state index is 6.68. The number of hydrogen-bond donors (Lipinski definition) is 0. The third kappa shape index (κ3) is 4.48. The van der Waals surface area contributed by atoms with Gasteiger partial charge in [-0.1, -0.05) is 152 Å². The Morgan fingerprint density at radius 2 is 0.776 bits per heavy atom. The smallest absolute Gasteiger partial charge is 0.147 e. The molecule has 2 nitrogen and oxygen atoms in total. The molecule has 268 valence electrons. The van der Waals surface area contributed by atoms with Gasteiger partial charge in [0.05, 0.1) is 5.39 Å². The van der Waals surface area contributed by atoms with Crippen LogP contribution < -0.4 is 0 Å². The monoisotopic (exact) mass is 736 g/mol. The van der Waals surface area contributed by atoms with Crippen LogP contribution in [-0.4, -0.2) is 0 Å². The molecular weight excluding hydrogens is 705 g/mol. The van der Waals surface area contributed by atoms with Gasteiger partial charge in [-0.25, -0.2) is 0 Å². The van der Waals surface area contributed by atoms with Crippen LogP contribution in [-0.2, 0) is 0 Å². The van der Waals surface area contributed by atoms with E-state index in [1.54, 1.807) is 0 Å². The first-order valence-corrected chi connectivity index (χ1v) is 19.9. The summed E-state index contributed by atoms with van der Waals surface area (Å²) in [7, 11) is 0. The van der Waals surface area contributed by atoms with Crippen molar-refractivity contribution in [2.45, 2.75) is 0 Å². The maximum Gasteiger partial charge on any atom is 0.147 e. The highest BCUT2D eigenvalue weighted by Gasteiger charge is 2.20. The van der Waals surface area contributed by atoms with Crippen molar-refractivity contribution in [3.8, 4) is 33.4 Å². The lowest BCUT2D eigenvalue weighted by molar-refractivity contribution is 0.664. The van der Waals surface area contributed by atoms with Gasteiger partial charge in [-0.3, -0.25) is 0 Å². The molecule has 0 unspecified atom stereocenters. The third-order valence-electron chi connectivity index (χ3n) is 12.4. The summed E-state index contributed by atoms with van der Waals surface area (Å²) in [5.74, 6) is 0. The summed E-state index contributed by atoms with van der Waals surface area (Å²) in [4.78, 5) is 0. The molecule has 13 aromatic rings. The van der Waals surface area contributed by atoms with Gasteiger partial charge < -0.3 is 8.83 Å². The fourth-order valence-electron chi connectivity index (χ4n) is 9.76. The van der Waals surface area contributed by atoms with Crippen LogP contribution in [0.3, 0.4) is 0 Å². The van der Waals surface area contributed by atoms with Crippen molar-refractivity contribution in [1.29, 1.82) is 0 Å². The molecule has 2 aromatic heterocycles. The summed E-state index contributed by atoms with van der Waals surface area (Å²) in [5.41, 5.74) is 10.8. The van der Waals surface area contributed by atoms with Crippen LogP contribution in [0.1, 0.15) is 0 Å². The fraction of sp³-hybridized carbons (Fsp3) is 0. The standard InChI is InChI=1S/C56H32O2/c1-3-13-40-33(10-1)12-9-19-42(40)53-45-17-7-5-15-43(45)52(44-16-6-8-18-46(44)53)39-23-22-35-30-36(20-21-37(35)31-39)38-25-27-49-51(32-38)57-50-29-28-48-47-26-24-34-11-2-4-14-41(34)55(47)58-56(48)54(49)50/h1-32H. The summed E-state index contributed by atoms with van der Waals surface area (Å²) in [6.07, 6.45) is 0. The number of fused-ring (bicyclic) bond motifs is 13. The first-order valence-electron chi connectivity index (χ1n) is 19.9. The molecule has 0 bridgehead atoms. The summed E-state index contributed by atoms with van der Waals surface area (Å²) in [6.45, 7) is 0. The van der Waals surface area contributed by atoms with E-state index in [1.807, 2.05) is 0 Å². The number of rotatable bonds is 3. The van der Waals surface area contributed by atoms with E-state index in [2.05, 4.69) is 194 Å². The highest BCUT2D eigenvalue weighted by molar-refractivity contribution is 6.26. The van der Waals surface area contributed by atoms with E-state index in [1.165, 1.54) is 70.7 Å². The molecule has 2 heterocycles. The van der Waals surface area contributed by atoms with Gasteiger partial charge in [-0.2, -0.15) is 0 Å². The van der Waals surface area contributed by atoms with E-state index in [-0.39, 0.29) is 0 Å². The molecule has 0 aliphatic carbocycles. The van der Waals surface area contributed by atoms with Crippen molar-refractivity contribution >= 4 is 97.7 Å². The molecule has 11 aromatic carbocycles. The van der Waals surface area contributed by atoms with Gasteiger partial charge in [-0.15, -0.1) is 0 Å². The van der Waals surface area contributed by atoms with Crippen molar-refractivity contribution in [2.24, 2.45) is 0 Å². The van der Waals surface area contributed by atoms with Crippen LogP contribution in [0.2, 0.25) is 0 Å². The molecule has 58 heavy (non-hydrogen) atoms. The molecular formula is C56H32O2. The number of benzene rings is 11. The predicted molar refractivity (Wildman–Crippen MR) is 245 cm³/mol. The van der Waals surface area contributed by atoms with E-state index in [9.17, 15) is 0 Å². The van der Waals surface area contributed by atoms with E-state index in [0.29, 0.717) is 0 Å². The summed E-state index contributed by atoms with van der Waals surface area (Å²) in [5, 5.41) is 16.6. The molecule has 0 fully saturated rings. The quantitative estimate of drug-likeness (QED) is 0.169. The zero-order valence-electron chi connectivity index (χ0n) is 31.3. The van der Waals surface area contributed by atoms with Crippen LogP contribution >= 0.6 is 0 Å². The second kappa shape index (κ2) is 11.9. The number of furan rings is 2. The molecule has 0 saturated carbocycles. The van der Waals surface area contributed by atoms with E-state index < -0.39 is 0 Å². The van der Waals surface area contributed by atoms with Gasteiger partial charge in [0.2, 0.25) is 0 Å². The Morgan fingerprint density at radius 1 is 0.259 bits per heavy atom. The predicted octanol–water partition coefficient (Wildman–Crippen LogP) is 16.3. The zero-order valence-corrected chi connectivity index (χ0v) is 31.3. The summed E-state index contributed by atoms with van der Waals surface area (Å²) in [6, 6.07) is 70.4. The molecule has 0 atom stereocenters. The second-order valence-electron chi connectivity index (χ2n) is 15.5. The maximum absolute atomic E-state index is 6.68. The van der Waals surface area contributed by atoms with Crippen LogP contribution in [0.5, 0.6) is 0 Å². The van der Waals surface area contributed by atoms with Crippen LogP contribution in [0.15, 0.2) is 203 Å². The minimum absolute atomic E-state index is 0.833. The van der Waals surface area contributed by atoms with Crippen LogP contribution in [0.4, 0.5) is 0 Å². The summed E-state index contributed by atoms with van der Waals surface area (Å²) >= 11 is 0. The highest BCUT2D eigenvalue weighted by Crippen LogP contribution is 2.46. The Bertz CT molecular complexity index is 3800. The molecule has 13 rings (SSSR count).